The molecular weight excluding hydrogens is 234 g/mol. The lowest BCUT2D eigenvalue weighted by molar-refractivity contribution is -0.129. The van der Waals surface area contributed by atoms with Crippen LogP contribution in [0.15, 0.2) is 36.6 Å². The Bertz CT molecular complexity index is 379. The normalized spacial score (nSPS) is 25.2. The zero-order valence-electron chi connectivity index (χ0n) is 12.3. The quantitative estimate of drug-likeness (QED) is 0.730. The fourth-order valence-electron chi connectivity index (χ4n) is 2.74. The van der Waals surface area contributed by atoms with Gasteiger partial charge < -0.3 is 5.73 Å². The highest BCUT2D eigenvalue weighted by atomic mass is 16.1. The number of nitrogens with two attached hydrogens (primary N) is 1. The van der Waals surface area contributed by atoms with Gasteiger partial charge in [0, 0.05) is 12.1 Å². The first kappa shape index (κ1) is 15.7. The van der Waals surface area contributed by atoms with E-state index < -0.39 is 5.41 Å². The molecule has 0 bridgehead atoms. The molecule has 2 heteroatoms. The summed E-state index contributed by atoms with van der Waals surface area (Å²) in [6.45, 7) is 8.02. The molecule has 1 rings (SSSR count). The molecule has 2 N–H and O–H groups in total. The van der Waals surface area contributed by atoms with Gasteiger partial charge in [-0.15, -0.1) is 0 Å². The summed E-state index contributed by atoms with van der Waals surface area (Å²) in [6, 6.07) is 0. The molecule has 19 heavy (non-hydrogen) atoms. The van der Waals surface area contributed by atoms with E-state index in [1.54, 1.807) is 6.08 Å². The average molecular weight is 261 g/mol. The molecule has 0 spiro atoms. The van der Waals surface area contributed by atoms with Gasteiger partial charge in [0.25, 0.3) is 0 Å². The number of hydrogen-bond donors (Lipinski definition) is 1. The second kappa shape index (κ2) is 7.32. The highest BCUT2D eigenvalue weighted by Crippen LogP contribution is 2.42. The lowest BCUT2D eigenvalue weighted by Gasteiger charge is -2.37. The number of rotatable bonds is 6. The lowest BCUT2D eigenvalue weighted by atomic mass is 9.67. The lowest BCUT2D eigenvalue weighted by Crippen LogP contribution is -2.39. The van der Waals surface area contributed by atoms with Gasteiger partial charge in [-0.3, -0.25) is 4.79 Å². The molecule has 0 saturated heterocycles. The van der Waals surface area contributed by atoms with Gasteiger partial charge in [-0.25, -0.2) is 0 Å². The van der Waals surface area contributed by atoms with Crippen molar-refractivity contribution in [1.29, 1.82) is 0 Å². The van der Waals surface area contributed by atoms with Crippen LogP contribution in [0.1, 0.15) is 52.4 Å². The highest BCUT2D eigenvalue weighted by molar-refractivity contribution is 5.88. The molecule has 2 nitrogen and oxygen atoms in total. The SMILES string of the molecule is C=C/C=C\C=C(/N)C1(CCC(C)C)CCCCC1=O. The Morgan fingerprint density at radius 3 is 2.74 bits per heavy atom. The van der Waals surface area contributed by atoms with E-state index in [-0.39, 0.29) is 0 Å². The Morgan fingerprint density at radius 1 is 1.42 bits per heavy atom. The molecule has 1 saturated carbocycles. The van der Waals surface area contributed by atoms with Crippen LogP contribution in [-0.4, -0.2) is 5.78 Å². The number of allylic oxidation sites excluding steroid dienone is 5. The fourth-order valence-corrected chi connectivity index (χ4v) is 2.74. The second-order valence-corrected chi connectivity index (χ2v) is 5.89. The molecule has 0 aliphatic heterocycles. The van der Waals surface area contributed by atoms with Crippen molar-refractivity contribution < 1.29 is 4.79 Å². The summed E-state index contributed by atoms with van der Waals surface area (Å²) in [4.78, 5) is 12.4. The summed E-state index contributed by atoms with van der Waals surface area (Å²) in [7, 11) is 0. The van der Waals surface area contributed by atoms with Gasteiger partial charge >= 0.3 is 0 Å². The Morgan fingerprint density at radius 2 is 2.16 bits per heavy atom. The number of carbonyl (C=O) groups excluding carboxylic acids is 1. The molecule has 1 atom stereocenters. The number of hydrogen-bond acceptors (Lipinski definition) is 2. The first-order chi connectivity index (χ1) is 9.03. The van der Waals surface area contributed by atoms with Gasteiger partial charge in [-0.1, -0.05) is 45.1 Å². The van der Waals surface area contributed by atoms with E-state index >= 15 is 0 Å². The van der Waals surface area contributed by atoms with Crippen LogP contribution >= 0.6 is 0 Å². The van der Waals surface area contributed by atoms with E-state index in [9.17, 15) is 4.79 Å². The maximum atomic E-state index is 12.4. The largest absolute Gasteiger partial charge is 0.401 e. The average Bonchev–Trinajstić information content (AvgIpc) is 2.38. The highest BCUT2D eigenvalue weighted by Gasteiger charge is 2.41. The summed E-state index contributed by atoms with van der Waals surface area (Å²) in [5, 5.41) is 0. The number of carbonyl (C=O) groups is 1. The third kappa shape index (κ3) is 4.09. The topological polar surface area (TPSA) is 43.1 Å². The van der Waals surface area contributed by atoms with Crippen LogP contribution in [-0.2, 0) is 4.79 Å². The minimum absolute atomic E-state index is 0.333. The van der Waals surface area contributed by atoms with Crippen LogP contribution in [0.5, 0.6) is 0 Å². The molecule has 1 fully saturated rings. The molecule has 1 aliphatic rings. The van der Waals surface area contributed by atoms with Crippen LogP contribution in [0.25, 0.3) is 0 Å². The summed E-state index contributed by atoms with van der Waals surface area (Å²) < 4.78 is 0. The Hall–Kier alpha value is -1.31. The Labute approximate surface area is 117 Å². The van der Waals surface area contributed by atoms with Gasteiger partial charge in [0.15, 0.2) is 0 Å². The molecule has 0 aromatic heterocycles. The van der Waals surface area contributed by atoms with Gasteiger partial charge in [0.2, 0.25) is 0 Å². The van der Waals surface area contributed by atoms with E-state index in [0.29, 0.717) is 18.1 Å². The molecule has 0 radical (unpaired) electrons. The smallest absolute Gasteiger partial charge is 0.144 e. The maximum Gasteiger partial charge on any atom is 0.144 e. The van der Waals surface area contributed by atoms with E-state index in [1.165, 1.54) is 0 Å². The molecule has 0 aromatic carbocycles. The predicted molar refractivity (Wildman–Crippen MR) is 81.6 cm³/mol. The molecular formula is C17H27NO. The van der Waals surface area contributed by atoms with Crippen molar-refractivity contribution in [2.45, 2.75) is 52.4 Å². The first-order valence-corrected chi connectivity index (χ1v) is 7.31. The molecule has 1 aliphatic carbocycles. The van der Waals surface area contributed by atoms with Crippen LogP contribution in [0.3, 0.4) is 0 Å². The van der Waals surface area contributed by atoms with Crippen molar-refractivity contribution in [1.82, 2.24) is 0 Å². The van der Waals surface area contributed by atoms with Crippen molar-refractivity contribution in [3.63, 3.8) is 0 Å². The van der Waals surface area contributed by atoms with Crippen LogP contribution < -0.4 is 5.73 Å². The zero-order valence-corrected chi connectivity index (χ0v) is 12.3. The van der Waals surface area contributed by atoms with Crippen molar-refractivity contribution in [2.75, 3.05) is 0 Å². The molecule has 0 amide bonds. The monoisotopic (exact) mass is 261 g/mol. The summed E-state index contributed by atoms with van der Waals surface area (Å²) in [6.07, 6.45) is 12.9. The van der Waals surface area contributed by atoms with E-state index in [1.807, 2.05) is 18.2 Å². The van der Waals surface area contributed by atoms with Crippen LogP contribution in [0.2, 0.25) is 0 Å². The Kier molecular flexibility index (Phi) is 6.07. The summed E-state index contributed by atoms with van der Waals surface area (Å²) in [5.74, 6) is 0.934. The molecule has 0 heterocycles. The summed E-state index contributed by atoms with van der Waals surface area (Å²) in [5.41, 5.74) is 6.58. The Balaban J connectivity index is 2.96. The predicted octanol–water partition coefficient (Wildman–Crippen LogP) is 4.14. The summed E-state index contributed by atoms with van der Waals surface area (Å²) >= 11 is 0. The van der Waals surface area contributed by atoms with Crippen LogP contribution in [0.4, 0.5) is 0 Å². The van der Waals surface area contributed by atoms with Crippen molar-refractivity contribution in [3.8, 4) is 0 Å². The number of ketones is 1. The van der Waals surface area contributed by atoms with Gasteiger partial charge in [-0.2, -0.15) is 0 Å². The van der Waals surface area contributed by atoms with Crippen molar-refractivity contribution in [3.05, 3.63) is 36.6 Å². The van der Waals surface area contributed by atoms with Gasteiger partial charge in [0.1, 0.15) is 5.78 Å². The molecule has 106 valence electrons. The minimum Gasteiger partial charge on any atom is -0.401 e. The molecule has 1 unspecified atom stereocenters. The second-order valence-electron chi connectivity index (χ2n) is 5.89. The maximum absolute atomic E-state index is 12.4. The van der Waals surface area contributed by atoms with Gasteiger partial charge in [-0.05, 0) is 37.7 Å². The van der Waals surface area contributed by atoms with Crippen LogP contribution in [0, 0.1) is 11.3 Å². The minimum atomic E-state index is -0.409. The molecule has 0 aromatic rings. The van der Waals surface area contributed by atoms with Gasteiger partial charge in [0.05, 0.1) is 5.41 Å². The third-order valence-electron chi connectivity index (χ3n) is 4.02. The zero-order chi connectivity index (χ0) is 14.3. The fraction of sp³-hybridized carbons (Fsp3) is 0.588. The first-order valence-electron chi connectivity index (χ1n) is 7.31. The number of Topliss-reactive ketones (excluding diaryl/α,β-unsaturated/α-hetero) is 1. The third-order valence-corrected chi connectivity index (χ3v) is 4.02. The van der Waals surface area contributed by atoms with E-state index in [2.05, 4.69) is 20.4 Å². The standard InChI is InChI=1S/C17H27NO/c1-4-5-6-9-15(18)17(13-11-14(2)3)12-8-7-10-16(17)19/h4-6,9,14H,1,7-8,10-13,18H2,2-3H3/b6-5-,15-9-. The van der Waals surface area contributed by atoms with Crippen molar-refractivity contribution >= 4 is 5.78 Å². The van der Waals surface area contributed by atoms with E-state index in [4.69, 9.17) is 5.73 Å². The van der Waals surface area contributed by atoms with Crippen molar-refractivity contribution in [2.24, 2.45) is 17.1 Å². The van der Waals surface area contributed by atoms with E-state index in [0.717, 1.165) is 37.8 Å².